The summed E-state index contributed by atoms with van der Waals surface area (Å²) in [7, 11) is 1.51. The van der Waals surface area contributed by atoms with Gasteiger partial charge in [0.05, 0.1) is 13.3 Å². The summed E-state index contributed by atoms with van der Waals surface area (Å²) >= 11 is 0. The lowest BCUT2D eigenvalue weighted by atomic mass is 10.1. The number of carboxylic acid groups (broad SMARTS) is 1. The monoisotopic (exact) mass is 478 g/mol. The van der Waals surface area contributed by atoms with Gasteiger partial charge in [0.15, 0.2) is 12.3 Å². The van der Waals surface area contributed by atoms with Gasteiger partial charge in [-0.25, -0.2) is 14.8 Å². The number of carboxylic acids is 1. The van der Waals surface area contributed by atoms with Crippen molar-refractivity contribution in [3.05, 3.63) is 59.8 Å². The van der Waals surface area contributed by atoms with Crippen LogP contribution in [0.4, 0.5) is 5.82 Å². The average Bonchev–Trinajstić information content (AvgIpc) is 3.49. The van der Waals surface area contributed by atoms with E-state index in [9.17, 15) is 9.59 Å². The third-order valence-electron chi connectivity index (χ3n) is 4.56. The van der Waals surface area contributed by atoms with Gasteiger partial charge in [-0.15, -0.1) is 5.10 Å². The van der Waals surface area contributed by atoms with Crippen molar-refractivity contribution in [1.82, 2.24) is 30.7 Å². The summed E-state index contributed by atoms with van der Waals surface area (Å²) in [4.78, 5) is 23.8. The van der Waals surface area contributed by atoms with Crippen molar-refractivity contribution in [3.63, 3.8) is 0 Å². The van der Waals surface area contributed by atoms with Crippen LogP contribution in [-0.2, 0) is 4.79 Å². The molecular formula is C21H18N8O6. The fourth-order valence-electron chi connectivity index (χ4n) is 3.02. The molecule has 14 heteroatoms. The van der Waals surface area contributed by atoms with E-state index in [1.807, 2.05) is 0 Å². The fraction of sp³-hybridized carbons (Fsp3) is 0.0952. The molecule has 35 heavy (non-hydrogen) atoms. The number of hydrazone groups is 1. The number of nitrogens with zero attached hydrogens (tertiary/aromatic N) is 6. The highest BCUT2D eigenvalue weighted by Gasteiger charge is 2.25. The fourth-order valence-corrected chi connectivity index (χ4v) is 3.02. The Bertz CT molecular complexity index is 1400. The molecule has 0 aliphatic rings. The zero-order valence-electron chi connectivity index (χ0n) is 18.2. The van der Waals surface area contributed by atoms with Gasteiger partial charge in [0.25, 0.3) is 5.91 Å². The van der Waals surface area contributed by atoms with E-state index in [4.69, 9.17) is 20.3 Å². The molecule has 0 saturated carbocycles. The molecule has 0 fully saturated rings. The molecule has 0 atom stereocenters. The maximum absolute atomic E-state index is 13.0. The molecule has 2 heterocycles. The highest BCUT2D eigenvalue weighted by Crippen LogP contribution is 2.29. The standard InChI is InChI=1S/C21H18N8O6/c1-33-14-7-4-6-12(9-14)18-17(24-28-29(18)20-19(22)26-35-27-20)21(32)25-23-10-13-5-2-3-8-15(13)34-11-16(30)31/h2-10H,11H2,1H3,(H2,22,26)(H,25,32)(H,30,31)/b23-10-. The number of hydrogen-bond acceptors (Lipinski definition) is 11. The largest absolute Gasteiger partial charge is 0.497 e. The summed E-state index contributed by atoms with van der Waals surface area (Å²) in [6.07, 6.45) is 1.31. The molecule has 0 unspecified atom stereocenters. The molecular weight excluding hydrogens is 460 g/mol. The number of benzene rings is 2. The number of ether oxygens (including phenoxy) is 2. The zero-order chi connectivity index (χ0) is 24.8. The Hall–Kier alpha value is -5.27. The quantitative estimate of drug-likeness (QED) is 0.231. The molecule has 4 N–H and O–H groups in total. The summed E-state index contributed by atoms with van der Waals surface area (Å²) in [6, 6.07) is 13.5. The Morgan fingerprint density at radius 1 is 1.23 bits per heavy atom. The maximum atomic E-state index is 13.0. The molecule has 4 aromatic rings. The third-order valence-corrected chi connectivity index (χ3v) is 4.56. The lowest BCUT2D eigenvalue weighted by molar-refractivity contribution is -0.139. The first-order chi connectivity index (χ1) is 17.0. The van der Waals surface area contributed by atoms with Gasteiger partial charge >= 0.3 is 5.97 Å². The number of anilines is 1. The van der Waals surface area contributed by atoms with Gasteiger partial charge in [0, 0.05) is 11.1 Å². The minimum atomic E-state index is -1.12. The summed E-state index contributed by atoms with van der Waals surface area (Å²) in [5.41, 5.74) is 9.31. The number of aliphatic carboxylic acids is 1. The van der Waals surface area contributed by atoms with Gasteiger partial charge in [-0.3, -0.25) is 4.79 Å². The second-order valence-electron chi connectivity index (χ2n) is 6.82. The summed E-state index contributed by atoms with van der Waals surface area (Å²) in [5, 5.41) is 28.0. The van der Waals surface area contributed by atoms with Crippen LogP contribution in [-0.4, -0.2) is 62.2 Å². The number of carbonyl (C=O) groups is 2. The Kier molecular flexibility index (Phi) is 6.62. The Balaban J connectivity index is 1.64. The smallest absolute Gasteiger partial charge is 0.341 e. The molecule has 0 aliphatic carbocycles. The third kappa shape index (κ3) is 5.05. The Morgan fingerprint density at radius 3 is 2.80 bits per heavy atom. The predicted octanol–water partition coefficient (Wildman–Crippen LogP) is 1.14. The summed E-state index contributed by atoms with van der Waals surface area (Å²) < 4.78 is 16.4. The number of aromatic nitrogens is 5. The van der Waals surface area contributed by atoms with E-state index < -0.39 is 18.5 Å². The number of para-hydroxylation sites is 1. The molecule has 2 aromatic carbocycles. The van der Waals surface area contributed by atoms with Crippen LogP contribution in [0.25, 0.3) is 17.1 Å². The number of nitrogen functional groups attached to an aromatic ring is 1. The number of carbonyl (C=O) groups excluding carboxylic acids is 1. The minimum absolute atomic E-state index is 0.0439. The van der Waals surface area contributed by atoms with E-state index in [2.05, 4.69) is 35.8 Å². The van der Waals surface area contributed by atoms with Gasteiger partial charge < -0.3 is 20.3 Å². The number of hydrogen-bond donors (Lipinski definition) is 3. The van der Waals surface area contributed by atoms with Crippen molar-refractivity contribution in [2.75, 3.05) is 19.5 Å². The van der Waals surface area contributed by atoms with Crippen LogP contribution in [0.2, 0.25) is 0 Å². The summed E-state index contributed by atoms with van der Waals surface area (Å²) in [6.45, 7) is -0.524. The molecule has 14 nitrogen and oxygen atoms in total. The van der Waals surface area contributed by atoms with E-state index >= 15 is 0 Å². The van der Waals surface area contributed by atoms with Crippen LogP contribution < -0.4 is 20.6 Å². The second-order valence-corrected chi connectivity index (χ2v) is 6.82. The highest BCUT2D eigenvalue weighted by atomic mass is 16.6. The molecule has 1 amide bonds. The first kappa shape index (κ1) is 22.9. The lowest BCUT2D eigenvalue weighted by Gasteiger charge is -2.08. The van der Waals surface area contributed by atoms with E-state index in [0.717, 1.165) is 0 Å². The predicted molar refractivity (Wildman–Crippen MR) is 120 cm³/mol. The van der Waals surface area contributed by atoms with Gasteiger partial charge in [-0.1, -0.05) is 29.5 Å². The number of rotatable bonds is 9. The molecule has 0 bridgehead atoms. The first-order valence-corrected chi connectivity index (χ1v) is 9.93. The van der Waals surface area contributed by atoms with Crippen molar-refractivity contribution < 1.29 is 28.8 Å². The van der Waals surface area contributed by atoms with Crippen molar-refractivity contribution >= 4 is 23.9 Å². The molecule has 4 rings (SSSR count). The van der Waals surface area contributed by atoms with Crippen molar-refractivity contribution in [2.45, 2.75) is 0 Å². The van der Waals surface area contributed by atoms with E-state index in [1.54, 1.807) is 48.5 Å². The number of amides is 1. The van der Waals surface area contributed by atoms with Gasteiger partial charge in [-0.05, 0) is 34.6 Å². The molecule has 0 saturated heterocycles. The second kappa shape index (κ2) is 10.1. The van der Waals surface area contributed by atoms with Crippen LogP contribution in [0.5, 0.6) is 11.5 Å². The lowest BCUT2D eigenvalue weighted by Crippen LogP contribution is -2.19. The van der Waals surface area contributed by atoms with Gasteiger partial charge in [0.1, 0.15) is 17.2 Å². The molecule has 0 aliphatic heterocycles. The SMILES string of the molecule is COc1cccc(-c2c(C(=O)N/N=C\c3ccccc3OCC(=O)O)nnn2-c2nonc2N)c1. The van der Waals surface area contributed by atoms with E-state index in [1.165, 1.54) is 18.0 Å². The number of nitrogens with two attached hydrogens (primary N) is 1. The number of nitrogens with one attached hydrogen (secondary N) is 1. The van der Waals surface area contributed by atoms with Crippen LogP contribution in [0, 0.1) is 0 Å². The van der Waals surface area contributed by atoms with Crippen molar-refractivity contribution in [3.8, 4) is 28.6 Å². The Labute approximate surface area is 196 Å². The van der Waals surface area contributed by atoms with Crippen LogP contribution in [0.1, 0.15) is 16.1 Å². The normalized spacial score (nSPS) is 10.9. The zero-order valence-corrected chi connectivity index (χ0v) is 18.2. The number of methoxy groups -OCH3 is 1. The molecule has 178 valence electrons. The van der Waals surface area contributed by atoms with Crippen LogP contribution >= 0.6 is 0 Å². The van der Waals surface area contributed by atoms with Crippen LogP contribution in [0.15, 0.2) is 58.3 Å². The van der Waals surface area contributed by atoms with Crippen molar-refractivity contribution in [1.29, 1.82) is 0 Å². The topological polar surface area (TPSA) is 193 Å². The Morgan fingerprint density at radius 2 is 2.06 bits per heavy atom. The van der Waals surface area contributed by atoms with Gasteiger partial charge in [0.2, 0.25) is 11.6 Å². The van der Waals surface area contributed by atoms with Crippen molar-refractivity contribution in [2.24, 2.45) is 5.10 Å². The minimum Gasteiger partial charge on any atom is -0.497 e. The molecule has 0 radical (unpaired) electrons. The average molecular weight is 478 g/mol. The van der Waals surface area contributed by atoms with Gasteiger partial charge in [-0.2, -0.15) is 9.78 Å². The maximum Gasteiger partial charge on any atom is 0.341 e. The highest BCUT2D eigenvalue weighted by molar-refractivity contribution is 5.99. The molecule has 0 spiro atoms. The molecule has 2 aromatic heterocycles. The summed E-state index contributed by atoms with van der Waals surface area (Å²) in [5.74, 6) is -1.01. The van der Waals surface area contributed by atoms with Crippen LogP contribution in [0.3, 0.4) is 0 Å². The van der Waals surface area contributed by atoms with E-state index in [-0.39, 0.29) is 28.8 Å². The van der Waals surface area contributed by atoms with E-state index in [0.29, 0.717) is 16.9 Å². The first-order valence-electron chi connectivity index (χ1n) is 9.93.